The number of rotatable bonds is 8. The highest BCUT2D eigenvalue weighted by molar-refractivity contribution is 6.30. The molecule has 11 heteroatoms. The summed E-state index contributed by atoms with van der Waals surface area (Å²) in [6.45, 7) is 1.38. The fraction of sp³-hybridized carbons (Fsp3) is 0.464. The molecule has 1 saturated heterocycles. The van der Waals surface area contributed by atoms with Crippen molar-refractivity contribution in [2.75, 3.05) is 26.2 Å². The van der Waals surface area contributed by atoms with Crippen molar-refractivity contribution in [1.82, 2.24) is 15.5 Å². The van der Waals surface area contributed by atoms with E-state index in [0.717, 1.165) is 18.9 Å². The average Bonchev–Trinajstić information content (AvgIpc) is 2.94. The molecule has 2 fully saturated rings. The number of amides is 3. The minimum Gasteiger partial charge on any atom is -0.487 e. The van der Waals surface area contributed by atoms with Crippen LogP contribution in [0.25, 0.3) is 0 Å². The Kier molecular flexibility index (Phi) is 9.61. The van der Waals surface area contributed by atoms with Gasteiger partial charge in [-0.1, -0.05) is 23.7 Å². The van der Waals surface area contributed by atoms with Gasteiger partial charge in [-0.05, 0) is 74.3 Å². The zero-order valence-corrected chi connectivity index (χ0v) is 22.2. The van der Waals surface area contributed by atoms with Gasteiger partial charge in [0.25, 0.3) is 5.91 Å². The van der Waals surface area contributed by atoms with Gasteiger partial charge < -0.3 is 25.4 Å². The van der Waals surface area contributed by atoms with E-state index in [0.29, 0.717) is 49.7 Å². The number of benzene rings is 2. The molecular formula is C28H32ClF2N3O5. The van der Waals surface area contributed by atoms with E-state index in [1.807, 2.05) is 24.3 Å². The van der Waals surface area contributed by atoms with Gasteiger partial charge in [-0.2, -0.15) is 4.39 Å². The van der Waals surface area contributed by atoms with Crippen molar-refractivity contribution in [3.63, 3.8) is 0 Å². The van der Waals surface area contributed by atoms with Gasteiger partial charge in [-0.3, -0.25) is 9.59 Å². The molecule has 0 aromatic heterocycles. The summed E-state index contributed by atoms with van der Waals surface area (Å²) < 4.78 is 34.8. The Bertz CT molecular complexity index is 1180. The first-order valence-electron chi connectivity index (χ1n) is 13.2. The van der Waals surface area contributed by atoms with Crippen molar-refractivity contribution in [3.05, 3.63) is 64.2 Å². The fourth-order valence-electron chi connectivity index (χ4n) is 5.11. The predicted octanol–water partition coefficient (Wildman–Crippen LogP) is 4.96. The first kappa shape index (κ1) is 28.6. The summed E-state index contributed by atoms with van der Waals surface area (Å²) in [6, 6.07) is 9.86. The summed E-state index contributed by atoms with van der Waals surface area (Å²) in [5, 5.41) is 15.0. The number of carboxylic acid groups (broad SMARTS) is 1. The molecule has 210 valence electrons. The summed E-state index contributed by atoms with van der Waals surface area (Å²) in [4.78, 5) is 37.7. The van der Waals surface area contributed by atoms with E-state index in [1.165, 1.54) is 11.6 Å². The molecule has 2 aromatic carbocycles. The third-order valence-corrected chi connectivity index (χ3v) is 7.67. The lowest BCUT2D eigenvalue weighted by Gasteiger charge is -2.32. The maximum atomic E-state index is 14.6. The number of ether oxygens (including phenoxy) is 1. The van der Waals surface area contributed by atoms with E-state index in [-0.39, 0.29) is 24.9 Å². The van der Waals surface area contributed by atoms with E-state index in [2.05, 4.69) is 10.6 Å². The predicted molar refractivity (Wildman–Crippen MR) is 141 cm³/mol. The highest BCUT2D eigenvalue weighted by atomic mass is 35.5. The molecule has 1 aliphatic carbocycles. The van der Waals surface area contributed by atoms with E-state index in [9.17, 15) is 23.2 Å². The molecule has 2 aromatic rings. The quantitative estimate of drug-likeness (QED) is 0.394. The summed E-state index contributed by atoms with van der Waals surface area (Å²) in [6.07, 6.45) is 2.91. The molecule has 3 N–H and O–H groups in total. The molecule has 3 amide bonds. The zero-order valence-electron chi connectivity index (χ0n) is 21.4. The largest absolute Gasteiger partial charge is 0.487 e. The van der Waals surface area contributed by atoms with Crippen LogP contribution in [-0.2, 0) is 4.79 Å². The average molecular weight is 564 g/mol. The number of piperidine rings is 1. The Morgan fingerprint density at radius 3 is 2.18 bits per heavy atom. The van der Waals surface area contributed by atoms with Crippen LogP contribution in [0.3, 0.4) is 0 Å². The fourth-order valence-corrected chi connectivity index (χ4v) is 5.23. The standard InChI is InChI=1S/C28H32ClF2N3O5/c29-20-5-1-17(2-6-20)18-11-15-34(16-12-18)28(38)33-14-13-32-26(35)22-9-10-23(25(31)24(22)30)39-21-7-3-19(4-8-21)27(36)37/h1-2,5-6,9-10,18-19,21H,3-4,7-8,11-16H2,(H,32,35)(H,33,38)(H,36,37). The molecule has 8 nitrogen and oxygen atoms in total. The summed E-state index contributed by atoms with van der Waals surface area (Å²) in [5.41, 5.74) is 0.735. The Balaban J connectivity index is 1.19. The monoisotopic (exact) mass is 563 g/mol. The molecule has 0 radical (unpaired) electrons. The van der Waals surface area contributed by atoms with Gasteiger partial charge in [-0.25, -0.2) is 9.18 Å². The third-order valence-electron chi connectivity index (χ3n) is 7.42. The number of aliphatic carboxylic acids is 1. The maximum absolute atomic E-state index is 14.6. The van der Waals surface area contributed by atoms with Crippen molar-refractivity contribution in [3.8, 4) is 5.75 Å². The second kappa shape index (κ2) is 13.1. The van der Waals surface area contributed by atoms with Crippen LogP contribution >= 0.6 is 11.6 Å². The second-order valence-electron chi connectivity index (χ2n) is 9.97. The van der Waals surface area contributed by atoms with Crippen LogP contribution in [0, 0.1) is 17.6 Å². The molecule has 1 heterocycles. The minimum absolute atomic E-state index is 0.0396. The molecule has 0 atom stereocenters. The van der Waals surface area contributed by atoms with Crippen LogP contribution in [0.4, 0.5) is 13.6 Å². The summed E-state index contributed by atoms with van der Waals surface area (Å²) >= 11 is 5.95. The third kappa shape index (κ3) is 7.38. The number of hydrogen-bond acceptors (Lipinski definition) is 4. The number of nitrogens with zero attached hydrogens (tertiary/aromatic N) is 1. The van der Waals surface area contributed by atoms with Crippen LogP contribution in [0.15, 0.2) is 36.4 Å². The van der Waals surface area contributed by atoms with E-state index in [1.54, 1.807) is 4.90 Å². The molecule has 0 bridgehead atoms. The van der Waals surface area contributed by atoms with Gasteiger partial charge in [0.15, 0.2) is 11.6 Å². The maximum Gasteiger partial charge on any atom is 0.317 e. The highest BCUT2D eigenvalue weighted by Crippen LogP contribution is 2.31. The molecule has 0 spiro atoms. The first-order chi connectivity index (χ1) is 18.7. The lowest BCUT2D eigenvalue weighted by atomic mass is 9.87. The van der Waals surface area contributed by atoms with Crippen LogP contribution in [-0.4, -0.2) is 60.2 Å². The number of carbonyl (C=O) groups is 3. The van der Waals surface area contributed by atoms with Gasteiger partial charge >= 0.3 is 12.0 Å². The highest BCUT2D eigenvalue weighted by Gasteiger charge is 2.29. The number of carbonyl (C=O) groups excluding carboxylic acids is 2. The van der Waals surface area contributed by atoms with Crippen LogP contribution in [0.2, 0.25) is 5.02 Å². The number of nitrogens with one attached hydrogen (secondary N) is 2. The first-order valence-corrected chi connectivity index (χ1v) is 13.5. The van der Waals surface area contributed by atoms with Crippen molar-refractivity contribution in [2.45, 2.75) is 50.5 Å². The number of carboxylic acids is 1. The SMILES string of the molecule is O=C(NCCNC(=O)N1CCC(c2ccc(Cl)cc2)CC1)c1ccc(OC2CCC(C(=O)O)CC2)c(F)c1F. The van der Waals surface area contributed by atoms with Gasteiger partial charge in [-0.15, -0.1) is 0 Å². The Morgan fingerprint density at radius 2 is 1.54 bits per heavy atom. The van der Waals surface area contributed by atoms with Crippen molar-refractivity contribution in [1.29, 1.82) is 0 Å². The Morgan fingerprint density at radius 1 is 0.897 bits per heavy atom. The van der Waals surface area contributed by atoms with Gasteiger partial charge in [0.2, 0.25) is 5.82 Å². The second-order valence-corrected chi connectivity index (χ2v) is 10.4. The normalized spacial score (nSPS) is 19.8. The molecular weight excluding hydrogens is 532 g/mol. The molecule has 39 heavy (non-hydrogen) atoms. The zero-order chi connectivity index (χ0) is 27.9. The molecule has 4 rings (SSSR count). The van der Waals surface area contributed by atoms with Gasteiger partial charge in [0.1, 0.15) is 0 Å². The minimum atomic E-state index is -1.32. The molecule has 0 unspecified atom stereocenters. The molecule has 2 aliphatic rings. The van der Waals surface area contributed by atoms with Crippen molar-refractivity contribution < 1.29 is 33.0 Å². The van der Waals surface area contributed by atoms with E-state index >= 15 is 0 Å². The van der Waals surface area contributed by atoms with Gasteiger partial charge in [0, 0.05) is 31.2 Å². The Labute approximate surface area is 230 Å². The van der Waals surface area contributed by atoms with E-state index in [4.69, 9.17) is 21.4 Å². The van der Waals surface area contributed by atoms with E-state index < -0.39 is 41.1 Å². The summed E-state index contributed by atoms with van der Waals surface area (Å²) in [7, 11) is 0. The molecule has 1 aliphatic heterocycles. The molecule has 1 saturated carbocycles. The summed E-state index contributed by atoms with van der Waals surface area (Å²) in [5.74, 6) is -4.65. The van der Waals surface area contributed by atoms with Crippen molar-refractivity contribution >= 4 is 29.5 Å². The van der Waals surface area contributed by atoms with Gasteiger partial charge in [0.05, 0.1) is 17.6 Å². The van der Waals surface area contributed by atoms with Crippen LogP contribution in [0.5, 0.6) is 5.75 Å². The number of hydrogen-bond donors (Lipinski definition) is 3. The number of halogens is 3. The lowest BCUT2D eigenvalue weighted by Crippen LogP contribution is -2.46. The van der Waals surface area contributed by atoms with Crippen LogP contribution in [0.1, 0.15) is 60.4 Å². The smallest absolute Gasteiger partial charge is 0.317 e. The van der Waals surface area contributed by atoms with Crippen molar-refractivity contribution in [2.24, 2.45) is 5.92 Å². The lowest BCUT2D eigenvalue weighted by molar-refractivity contribution is -0.143. The van der Waals surface area contributed by atoms with Crippen LogP contribution < -0.4 is 15.4 Å². The Hall–Kier alpha value is -3.40. The number of likely N-dealkylation sites (tertiary alicyclic amines) is 1. The topological polar surface area (TPSA) is 108 Å². The number of urea groups is 1.